The highest BCUT2D eigenvalue weighted by molar-refractivity contribution is 7.13. The second kappa shape index (κ2) is 2.11. The van der Waals surface area contributed by atoms with E-state index in [1.807, 2.05) is 0 Å². The molecule has 3 nitrogen and oxygen atoms in total. The Balaban J connectivity index is 2.84. The Morgan fingerprint density at radius 3 is 2.88 bits per heavy atom. The highest BCUT2D eigenvalue weighted by Gasteiger charge is 1.93. The number of nitrogens with two attached hydrogens (primary N) is 1. The molecule has 0 aliphatic heterocycles. The van der Waals surface area contributed by atoms with E-state index in [2.05, 4.69) is 4.98 Å². The third-order valence-electron chi connectivity index (χ3n) is 0.672. The summed E-state index contributed by atoms with van der Waals surface area (Å²) in [6, 6.07) is 0. The third-order valence-corrected chi connectivity index (χ3v) is 1.36. The summed E-state index contributed by atoms with van der Waals surface area (Å²) in [6.07, 6.45) is 0. The summed E-state index contributed by atoms with van der Waals surface area (Å²) in [4.78, 5) is 3.72. The van der Waals surface area contributed by atoms with Gasteiger partial charge >= 0.3 is 0 Å². The van der Waals surface area contributed by atoms with Crippen LogP contribution in [0.25, 0.3) is 0 Å². The second-order valence-corrected chi connectivity index (χ2v) is 2.13. The molecule has 0 unspecified atom stereocenters. The molecular formula is C4H5N2OS. The van der Waals surface area contributed by atoms with Gasteiger partial charge in [-0.05, 0) is 0 Å². The summed E-state index contributed by atoms with van der Waals surface area (Å²) in [5, 5.41) is 10.5. The van der Waals surface area contributed by atoms with Crippen LogP contribution in [0.3, 0.4) is 0 Å². The molecule has 1 heterocycles. The lowest BCUT2D eigenvalue weighted by atomic mass is 10.5. The number of nitrogen functional groups attached to an aromatic ring is 1. The number of rotatable bonds is 1. The summed E-state index contributed by atoms with van der Waals surface area (Å²) >= 11 is 1.30. The number of aliphatic hydroxyl groups is 1. The van der Waals surface area contributed by atoms with Gasteiger partial charge in [0.2, 0.25) is 0 Å². The first-order valence-electron chi connectivity index (χ1n) is 2.01. The highest BCUT2D eigenvalue weighted by atomic mass is 32.1. The predicted octanol–water partition coefficient (Wildman–Crippen LogP) is 0.608. The number of aliphatic hydroxyl groups excluding tert-OH is 1. The fourth-order valence-corrected chi connectivity index (χ4v) is 0.873. The maximum atomic E-state index is 8.31. The lowest BCUT2D eigenvalue weighted by Crippen LogP contribution is -1.83. The van der Waals surface area contributed by atoms with Crippen molar-refractivity contribution in [3.8, 4) is 0 Å². The van der Waals surface area contributed by atoms with E-state index in [0.717, 1.165) is 6.61 Å². The maximum Gasteiger partial charge on any atom is 0.180 e. The first kappa shape index (κ1) is 5.53. The van der Waals surface area contributed by atoms with Gasteiger partial charge in [0, 0.05) is 5.38 Å². The van der Waals surface area contributed by atoms with Crippen molar-refractivity contribution < 1.29 is 5.11 Å². The zero-order valence-corrected chi connectivity index (χ0v) is 4.85. The molecule has 0 amide bonds. The molecule has 1 aromatic heterocycles. The molecule has 0 saturated carbocycles. The number of hydrogen-bond acceptors (Lipinski definition) is 4. The molecule has 1 aromatic rings. The summed E-state index contributed by atoms with van der Waals surface area (Å²) in [6.45, 7) is 0.923. The van der Waals surface area contributed by atoms with Crippen molar-refractivity contribution in [3.05, 3.63) is 17.7 Å². The van der Waals surface area contributed by atoms with Crippen LogP contribution in [0.1, 0.15) is 5.69 Å². The van der Waals surface area contributed by atoms with Gasteiger partial charge in [-0.25, -0.2) is 4.98 Å². The van der Waals surface area contributed by atoms with Gasteiger partial charge in [-0.3, -0.25) is 0 Å². The van der Waals surface area contributed by atoms with Crippen molar-refractivity contribution in [1.29, 1.82) is 0 Å². The van der Waals surface area contributed by atoms with Crippen LogP contribution in [-0.2, 0) is 0 Å². The zero-order chi connectivity index (χ0) is 5.98. The van der Waals surface area contributed by atoms with E-state index in [9.17, 15) is 0 Å². The van der Waals surface area contributed by atoms with Crippen molar-refractivity contribution in [2.24, 2.45) is 0 Å². The molecule has 3 N–H and O–H groups in total. The van der Waals surface area contributed by atoms with Crippen molar-refractivity contribution in [3.63, 3.8) is 0 Å². The molecule has 0 aromatic carbocycles. The van der Waals surface area contributed by atoms with E-state index >= 15 is 0 Å². The van der Waals surface area contributed by atoms with E-state index < -0.39 is 0 Å². The Morgan fingerprint density at radius 2 is 2.62 bits per heavy atom. The first-order valence-corrected chi connectivity index (χ1v) is 2.89. The molecular weight excluding hydrogens is 124 g/mol. The summed E-state index contributed by atoms with van der Waals surface area (Å²) in [5.41, 5.74) is 5.75. The molecule has 0 aliphatic carbocycles. The van der Waals surface area contributed by atoms with E-state index in [1.54, 1.807) is 5.38 Å². The van der Waals surface area contributed by atoms with E-state index in [4.69, 9.17) is 10.8 Å². The first-order chi connectivity index (χ1) is 3.83. The molecule has 4 heteroatoms. The average molecular weight is 129 g/mol. The largest absolute Gasteiger partial charge is 0.384 e. The molecule has 8 heavy (non-hydrogen) atoms. The SMILES string of the molecule is Nc1nc([CH]O)cs1. The maximum absolute atomic E-state index is 8.31. The third kappa shape index (κ3) is 0.962. The van der Waals surface area contributed by atoms with Crippen LogP contribution in [-0.4, -0.2) is 10.1 Å². The Morgan fingerprint density at radius 1 is 1.88 bits per heavy atom. The minimum Gasteiger partial charge on any atom is -0.384 e. The van der Waals surface area contributed by atoms with Crippen LogP contribution < -0.4 is 5.73 Å². The number of nitrogens with zero attached hydrogens (tertiary/aromatic N) is 1. The van der Waals surface area contributed by atoms with Gasteiger partial charge in [-0.1, -0.05) is 0 Å². The van der Waals surface area contributed by atoms with Crippen molar-refractivity contribution >= 4 is 16.5 Å². The van der Waals surface area contributed by atoms with E-state index in [0.29, 0.717) is 10.8 Å². The molecule has 0 fully saturated rings. The average Bonchev–Trinajstić information content (AvgIpc) is 2.14. The zero-order valence-electron chi connectivity index (χ0n) is 4.03. The minimum atomic E-state index is 0.477. The minimum absolute atomic E-state index is 0.477. The molecule has 1 radical (unpaired) electrons. The van der Waals surface area contributed by atoms with Gasteiger partial charge in [-0.15, -0.1) is 11.3 Å². The molecule has 0 aliphatic rings. The van der Waals surface area contributed by atoms with Crippen LogP contribution in [0.15, 0.2) is 5.38 Å². The molecule has 43 valence electrons. The lowest BCUT2D eigenvalue weighted by molar-refractivity contribution is 0.411. The number of anilines is 1. The highest BCUT2D eigenvalue weighted by Crippen LogP contribution is 2.10. The summed E-state index contributed by atoms with van der Waals surface area (Å²) < 4.78 is 0. The topological polar surface area (TPSA) is 59.1 Å². The summed E-state index contributed by atoms with van der Waals surface area (Å²) in [7, 11) is 0. The van der Waals surface area contributed by atoms with E-state index in [1.165, 1.54) is 11.3 Å². The van der Waals surface area contributed by atoms with Crippen LogP contribution >= 0.6 is 11.3 Å². The molecule has 1 rings (SSSR count). The number of hydrogen-bond donors (Lipinski definition) is 2. The Hall–Kier alpha value is -0.610. The van der Waals surface area contributed by atoms with Gasteiger partial charge in [0.1, 0.15) is 6.61 Å². The van der Waals surface area contributed by atoms with Crippen LogP contribution in [0.4, 0.5) is 5.13 Å². The Kier molecular flexibility index (Phi) is 1.45. The molecule has 0 atom stereocenters. The fourth-order valence-electron chi connectivity index (χ4n) is 0.360. The van der Waals surface area contributed by atoms with Crippen LogP contribution in [0, 0.1) is 6.61 Å². The Bertz CT molecular complexity index is 174. The van der Waals surface area contributed by atoms with Gasteiger partial charge in [0.25, 0.3) is 0 Å². The predicted molar refractivity (Wildman–Crippen MR) is 31.9 cm³/mol. The standard InChI is InChI=1S/C4H5N2OS/c5-4-6-3(1-7)2-8-4/h1-2,7H,(H2,5,6). The molecule has 0 saturated heterocycles. The number of aromatic nitrogens is 1. The number of thiazole rings is 1. The summed E-state index contributed by atoms with van der Waals surface area (Å²) in [5.74, 6) is 0. The van der Waals surface area contributed by atoms with Gasteiger partial charge in [-0.2, -0.15) is 0 Å². The van der Waals surface area contributed by atoms with Gasteiger partial charge in [0.15, 0.2) is 5.13 Å². The molecule has 0 spiro atoms. The van der Waals surface area contributed by atoms with E-state index in [-0.39, 0.29) is 0 Å². The van der Waals surface area contributed by atoms with Crippen molar-refractivity contribution in [1.82, 2.24) is 4.98 Å². The lowest BCUT2D eigenvalue weighted by Gasteiger charge is -1.78. The monoisotopic (exact) mass is 129 g/mol. The normalized spacial score (nSPS) is 9.62. The van der Waals surface area contributed by atoms with Crippen molar-refractivity contribution in [2.45, 2.75) is 0 Å². The van der Waals surface area contributed by atoms with Gasteiger partial charge in [0.05, 0.1) is 5.69 Å². The fraction of sp³-hybridized carbons (Fsp3) is 0. The smallest absolute Gasteiger partial charge is 0.180 e. The molecule has 0 bridgehead atoms. The van der Waals surface area contributed by atoms with Crippen molar-refractivity contribution in [2.75, 3.05) is 5.73 Å². The second-order valence-electron chi connectivity index (χ2n) is 1.24. The quantitative estimate of drug-likeness (QED) is 0.584. The van der Waals surface area contributed by atoms with Crippen LogP contribution in [0.2, 0.25) is 0 Å². The van der Waals surface area contributed by atoms with Gasteiger partial charge < -0.3 is 10.8 Å². The van der Waals surface area contributed by atoms with Crippen LogP contribution in [0.5, 0.6) is 0 Å². The Labute approximate surface area is 50.8 Å².